The molecule has 7 nitrogen and oxygen atoms in total. The molecule has 0 bridgehead atoms. The van der Waals surface area contributed by atoms with Crippen molar-refractivity contribution in [1.29, 1.82) is 0 Å². The Balaban J connectivity index is 2.20. The zero-order valence-corrected chi connectivity index (χ0v) is 13.6. The minimum absolute atomic E-state index is 0.00504. The van der Waals surface area contributed by atoms with Gasteiger partial charge in [0.05, 0.1) is 4.92 Å². The van der Waals surface area contributed by atoms with Crippen LogP contribution in [0.25, 0.3) is 0 Å². The number of rotatable bonds is 8. The highest BCUT2D eigenvalue weighted by molar-refractivity contribution is 7.91. The van der Waals surface area contributed by atoms with Crippen LogP contribution < -0.4 is 10.0 Å². The summed E-state index contributed by atoms with van der Waals surface area (Å²) in [4.78, 5) is 10.5. The van der Waals surface area contributed by atoms with Gasteiger partial charge in [0.15, 0.2) is 5.00 Å². The summed E-state index contributed by atoms with van der Waals surface area (Å²) in [6.45, 7) is 4.51. The maximum atomic E-state index is 12.3. The van der Waals surface area contributed by atoms with Crippen molar-refractivity contribution in [3.8, 4) is 0 Å². The van der Waals surface area contributed by atoms with Crippen molar-refractivity contribution >= 4 is 32.0 Å². The number of thiophene rings is 1. The summed E-state index contributed by atoms with van der Waals surface area (Å²) in [5, 5.41) is 14.2. The first-order valence-electron chi connectivity index (χ1n) is 6.93. The van der Waals surface area contributed by atoms with Crippen LogP contribution in [0.3, 0.4) is 0 Å². The van der Waals surface area contributed by atoms with Crippen molar-refractivity contribution in [3.63, 3.8) is 0 Å². The van der Waals surface area contributed by atoms with E-state index in [2.05, 4.69) is 10.0 Å². The van der Waals surface area contributed by atoms with Crippen LogP contribution in [0.1, 0.15) is 33.1 Å². The molecule has 1 aliphatic rings. The minimum atomic E-state index is -3.68. The van der Waals surface area contributed by atoms with Crippen LogP contribution in [0.4, 0.5) is 10.7 Å². The molecule has 0 aliphatic heterocycles. The summed E-state index contributed by atoms with van der Waals surface area (Å²) in [5.41, 5.74) is -0.184. The van der Waals surface area contributed by atoms with Crippen molar-refractivity contribution in [2.24, 2.45) is 5.92 Å². The van der Waals surface area contributed by atoms with Gasteiger partial charge >= 0.3 is 5.69 Å². The zero-order chi connectivity index (χ0) is 15.6. The summed E-state index contributed by atoms with van der Waals surface area (Å²) in [5.74, 6) is 0.382. The van der Waals surface area contributed by atoms with Crippen LogP contribution >= 0.6 is 11.3 Å². The van der Waals surface area contributed by atoms with Crippen molar-refractivity contribution in [3.05, 3.63) is 16.2 Å². The van der Waals surface area contributed by atoms with Gasteiger partial charge < -0.3 is 5.32 Å². The van der Waals surface area contributed by atoms with Gasteiger partial charge in [-0.15, -0.1) is 0 Å². The fourth-order valence-corrected chi connectivity index (χ4v) is 4.78. The molecule has 0 amide bonds. The van der Waals surface area contributed by atoms with E-state index in [1.54, 1.807) is 0 Å². The Morgan fingerprint density at radius 3 is 2.71 bits per heavy atom. The second-order valence-electron chi connectivity index (χ2n) is 5.10. The molecular weight excluding hydrogens is 314 g/mol. The Hall–Kier alpha value is -1.19. The average Bonchev–Trinajstić information content (AvgIpc) is 3.00. The summed E-state index contributed by atoms with van der Waals surface area (Å²) < 4.78 is 27.1. The van der Waals surface area contributed by atoms with E-state index < -0.39 is 14.9 Å². The van der Waals surface area contributed by atoms with E-state index in [-0.39, 0.29) is 15.9 Å². The Labute approximate surface area is 127 Å². The highest BCUT2D eigenvalue weighted by Crippen LogP contribution is 2.39. The van der Waals surface area contributed by atoms with Gasteiger partial charge in [-0.05, 0) is 18.8 Å². The van der Waals surface area contributed by atoms with Gasteiger partial charge in [0.25, 0.3) is 10.0 Å². The van der Waals surface area contributed by atoms with E-state index in [1.807, 2.05) is 13.8 Å². The van der Waals surface area contributed by atoms with Crippen molar-refractivity contribution in [2.45, 2.75) is 43.4 Å². The Morgan fingerprint density at radius 1 is 1.48 bits per heavy atom. The standard InChI is InChI=1S/C12H19N3O4S2/c1-3-5-13-12-10(15(16)17)7-11(20-12)21(18,19)14-9-6-8(9)4-2/h7-9,13-14H,3-6H2,1-2H3. The topological polar surface area (TPSA) is 101 Å². The average molecular weight is 333 g/mol. The maximum absolute atomic E-state index is 12.3. The number of nitrogens with one attached hydrogen (secondary N) is 2. The third-order valence-electron chi connectivity index (χ3n) is 3.44. The smallest absolute Gasteiger partial charge is 0.304 e. The van der Waals surface area contributed by atoms with Crippen LogP contribution in [-0.2, 0) is 10.0 Å². The molecule has 0 saturated heterocycles. The number of sulfonamides is 1. The van der Waals surface area contributed by atoms with Crippen LogP contribution in [0.15, 0.2) is 10.3 Å². The third kappa shape index (κ3) is 3.72. The van der Waals surface area contributed by atoms with Gasteiger partial charge in [-0.1, -0.05) is 31.6 Å². The molecule has 1 aromatic heterocycles. The van der Waals surface area contributed by atoms with E-state index in [0.717, 1.165) is 36.7 Å². The molecule has 0 radical (unpaired) electrons. The van der Waals surface area contributed by atoms with E-state index in [0.29, 0.717) is 17.5 Å². The van der Waals surface area contributed by atoms with Gasteiger partial charge in [0.1, 0.15) is 4.21 Å². The first kappa shape index (κ1) is 16.2. The number of anilines is 1. The van der Waals surface area contributed by atoms with E-state index in [4.69, 9.17) is 0 Å². The normalized spacial score (nSPS) is 21.2. The SMILES string of the molecule is CCCNc1sc(S(=O)(=O)NC2CC2CC)cc1[N+](=O)[O-]. The molecule has 2 unspecified atom stereocenters. The predicted octanol–water partition coefficient (Wildman–Crippen LogP) is 2.56. The van der Waals surface area contributed by atoms with Gasteiger partial charge in [-0.25, -0.2) is 13.1 Å². The molecule has 0 aromatic carbocycles. The summed E-state index contributed by atoms with van der Waals surface area (Å²) in [6.07, 6.45) is 2.57. The zero-order valence-electron chi connectivity index (χ0n) is 12.0. The summed E-state index contributed by atoms with van der Waals surface area (Å²) in [7, 11) is -3.68. The van der Waals surface area contributed by atoms with Gasteiger partial charge in [-0.3, -0.25) is 10.1 Å². The quantitative estimate of drug-likeness (QED) is 0.562. The second-order valence-corrected chi connectivity index (χ2v) is 8.09. The van der Waals surface area contributed by atoms with Crippen LogP contribution in [-0.4, -0.2) is 25.9 Å². The first-order chi connectivity index (χ1) is 9.89. The molecule has 21 heavy (non-hydrogen) atoms. The molecule has 0 spiro atoms. The minimum Gasteiger partial charge on any atom is -0.371 e. The largest absolute Gasteiger partial charge is 0.371 e. The van der Waals surface area contributed by atoms with Crippen LogP contribution in [0.5, 0.6) is 0 Å². The lowest BCUT2D eigenvalue weighted by molar-refractivity contribution is -0.383. The molecule has 1 aliphatic carbocycles. The van der Waals surface area contributed by atoms with E-state index in [9.17, 15) is 18.5 Å². The Morgan fingerprint density at radius 2 is 2.19 bits per heavy atom. The molecule has 1 heterocycles. The maximum Gasteiger partial charge on any atom is 0.304 e. The van der Waals surface area contributed by atoms with E-state index in [1.165, 1.54) is 0 Å². The highest BCUT2D eigenvalue weighted by Gasteiger charge is 2.39. The molecule has 9 heteroatoms. The lowest BCUT2D eigenvalue weighted by Crippen LogP contribution is -2.26. The monoisotopic (exact) mass is 333 g/mol. The summed E-state index contributed by atoms with van der Waals surface area (Å²) >= 11 is 0.910. The van der Waals surface area contributed by atoms with Gasteiger partial charge in [0, 0.05) is 18.7 Å². The molecule has 2 N–H and O–H groups in total. The molecule has 2 rings (SSSR count). The number of nitro groups is 1. The number of hydrogen-bond donors (Lipinski definition) is 2. The van der Waals surface area contributed by atoms with Crippen LogP contribution in [0, 0.1) is 16.0 Å². The molecule has 118 valence electrons. The van der Waals surface area contributed by atoms with E-state index >= 15 is 0 Å². The molecule has 2 atom stereocenters. The molecule has 1 aromatic rings. The predicted molar refractivity (Wildman–Crippen MR) is 82.3 cm³/mol. The number of hydrogen-bond acceptors (Lipinski definition) is 6. The first-order valence-corrected chi connectivity index (χ1v) is 9.23. The summed E-state index contributed by atoms with van der Waals surface area (Å²) in [6, 6.07) is 1.10. The lowest BCUT2D eigenvalue weighted by Gasteiger charge is -2.03. The fraction of sp³-hybridized carbons (Fsp3) is 0.667. The second kappa shape index (κ2) is 6.29. The molecule has 1 fully saturated rings. The fourth-order valence-electron chi connectivity index (χ4n) is 2.09. The Kier molecular flexibility index (Phi) is 4.84. The van der Waals surface area contributed by atoms with Crippen LogP contribution in [0.2, 0.25) is 0 Å². The molecular formula is C12H19N3O4S2. The Bertz CT molecular complexity index is 626. The highest BCUT2D eigenvalue weighted by atomic mass is 32.2. The third-order valence-corrected chi connectivity index (χ3v) is 6.49. The van der Waals surface area contributed by atoms with Crippen molar-refractivity contribution < 1.29 is 13.3 Å². The van der Waals surface area contributed by atoms with Crippen molar-refractivity contribution in [2.75, 3.05) is 11.9 Å². The van der Waals surface area contributed by atoms with Gasteiger partial charge in [0.2, 0.25) is 0 Å². The van der Waals surface area contributed by atoms with Crippen molar-refractivity contribution in [1.82, 2.24) is 4.72 Å². The molecule has 1 saturated carbocycles. The number of nitrogens with zero attached hydrogens (tertiary/aromatic N) is 1. The lowest BCUT2D eigenvalue weighted by atomic mass is 10.3. The van der Waals surface area contributed by atoms with Gasteiger partial charge in [-0.2, -0.15) is 0 Å².